The quantitative estimate of drug-likeness (QED) is 0.297. The molecule has 4 N–H and O–H groups in total. The van der Waals surface area contributed by atoms with Crippen molar-refractivity contribution in [3.05, 3.63) is 0 Å². The first kappa shape index (κ1) is 13.0. The minimum absolute atomic E-state index is 0.759. The fraction of sp³-hybridized carbons (Fsp3) is 0.500. The van der Waals surface area contributed by atoms with Gasteiger partial charge in [-0.3, -0.25) is 9.63 Å². The topological polar surface area (TPSA) is 132 Å². The predicted molar refractivity (Wildman–Crippen MR) is 45.2 cm³/mol. The lowest BCUT2D eigenvalue weighted by atomic mass is 10.1. The lowest BCUT2D eigenvalue weighted by molar-refractivity contribution is -0.199. The van der Waals surface area contributed by atoms with Crippen molar-refractivity contribution in [2.75, 3.05) is 0 Å². The zero-order valence-electron chi connectivity index (χ0n) is 8.07. The highest BCUT2D eigenvalue weighted by molar-refractivity contribution is 5.82. The molecule has 0 aliphatic carbocycles. The molecular formula is C6H10N4O5. The third kappa shape index (κ3) is 5.37. The first-order chi connectivity index (χ1) is 6.90. The van der Waals surface area contributed by atoms with E-state index in [0.29, 0.717) is 0 Å². The van der Waals surface area contributed by atoms with Gasteiger partial charge in [0.15, 0.2) is 5.60 Å². The zero-order chi connectivity index (χ0) is 11.9. The third-order valence-electron chi connectivity index (χ3n) is 1.22. The van der Waals surface area contributed by atoms with Crippen LogP contribution < -0.4 is 16.8 Å². The number of rotatable bonds is 5. The summed E-state index contributed by atoms with van der Waals surface area (Å²) in [6, 6.07) is 0. The van der Waals surface area contributed by atoms with Crippen LogP contribution in [0.4, 0.5) is 4.79 Å². The maximum absolute atomic E-state index is 10.7. The number of nitrogens with two attached hydrogens (primary N) is 1. The van der Waals surface area contributed by atoms with Gasteiger partial charge in [-0.05, 0) is 19.5 Å². The Morgan fingerprint density at radius 2 is 2.07 bits per heavy atom. The molecule has 0 atom stereocenters. The molecule has 0 rings (SSSR count). The van der Waals surface area contributed by atoms with E-state index in [4.69, 9.17) is 5.73 Å². The SMILES string of the molecule is CC(C)(ONOC(=O)NN=C=O)C(N)=O. The molecule has 9 nitrogen and oxygen atoms in total. The minimum Gasteiger partial charge on any atom is -0.367 e. The second kappa shape index (κ2) is 5.70. The van der Waals surface area contributed by atoms with E-state index in [2.05, 4.69) is 14.8 Å². The van der Waals surface area contributed by atoms with Gasteiger partial charge in [0.25, 0.3) is 12.0 Å². The Morgan fingerprint density at radius 1 is 1.47 bits per heavy atom. The summed E-state index contributed by atoms with van der Waals surface area (Å²) in [5.74, 6) is -0.759. The number of amides is 2. The molecule has 0 saturated heterocycles. The van der Waals surface area contributed by atoms with Crippen LogP contribution in [0.5, 0.6) is 0 Å². The maximum atomic E-state index is 10.7. The second-order valence-corrected chi connectivity index (χ2v) is 2.76. The van der Waals surface area contributed by atoms with Crippen molar-refractivity contribution >= 4 is 18.1 Å². The van der Waals surface area contributed by atoms with Crippen molar-refractivity contribution < 1.29 is 24.1 Å². The number of nitrogens with zero attached hydrogens (tertiary/aromatic N) is 1. The fourth-order valence-corrected chi connectivity index (χ4v) is 0.304. The summed E-state index contributed by atoms with van der Waals surface area (Å²) in [6.07, 6.45) is -0.0685. The molecule has 0 saturated carbocycles. The molecule has 0 bridgehead atoms. The van der Waals surface area contributed by atoms with E-state index in [9.17, 15) is 14.4 Å². The van der Waals surface area contributed by atoms with Crippen molar-refractivity contribution in [1.29, 1.82) is 0 Å². The lowest BCUT2D eigenvalue weighted by Crippen LogP contribution is -2.45. The van der Waals surface area contributed by atoms with Crippen LogP contribution in [0, 0.1) is 0 Å². The standard InChI is InChI=1S/C6H10N4O5/c1-6(2,4(7)12)15-10-14-5(13)9-8-3-11/h10H,1-2H3,(H2,7,12)(H,9,13). The molecule has 0 spiro atoms. The summed E-state index contributed by atoms with van der Waals surface area (Å²) in [5.41, 5.74) is 6.93. The smallest absolute Gasteiger partial charge is 0.367 e. The number of hydrazone groups is 1. The molecule has 0 radical (unpaired) electrons. The molecule has 0 unspecified atom stereocenters. The molecule has 15 heavy (non-hydrogen) atoms. The molecule has 0 heterocycles. The van der Waals surface area contributed by atoms with Crippen molar-refractivity contribution in [2.45, 2.75) is 19.4 Å². The molecule has 2 amide bonds. The van der Waals surface area contributed by atoms with Crippen molar-refractivity contribution in [2.24, 2.45) is 10.8 Å². The van der Waals surface area contributed by atoms with Crippen LogP contribution >= 0.6 is 0 Å². The van der Waals surface area contributed by atoms with Crippen LogP contribution in [0.1, 0.15) is 13.8 Å². The number of isocyanates is 1. The zero-order valence-corrected chi connectivity index (χ0v) is 8.07. The van der Waals surface area contributed by atoms with E-state index < -0.39 is 17.6 Å². The van der Waals surface area contributed by atoms with E-state index in [1.54, 1.807) is 11.1 Å². The summed E-state index contributed by atoms with van der Waals surface area (Å²) >= 11 is 0. The molecule has 0 aromatic heterocycles. The highest BCUT2D eigenvalue weighted by Crippen LogP contribution is 2.04. The van der Waals surface area contributed by atoms with Crippen LogP contribution in [0.15, 0.2) is 5.10 Å². The Morgan fingerprint density at radius 3 is 2.53 bits per heavy atom. The van der Waals surface area contributed by atoms with Gasteiger partial charge in [-0.15, -0.1) is 0 Å². The molecule has 0 aromatic rings. The van der Waals surface area contributed by atoms with E-state index in [-0.39, 0.29) is 0 Å². The van der Waals surface area contributed by atoms with Gasteiger partial charge in [0, 0.05) is 0 Å². The first-order valence-electron chi connectivity index (χ1n) is 3.66. The average molecular weight is 218 g/mol. The Hall–Kier alpha value is -1.96. The highest BCUT2D eigenvalue weighted by Gasteiger charge is 2.27. The van der Waals surface area contributed by atoms with Crippen LogP contribution in [0.3, 0.4) is 0 Å². The minimum atomic E-state index is -1.35. The molecule has 0 fully saturated rings. The van der Waals surface area contributed by atoms with Crippen molar-refractivity contribution in [3.8, 4) is 0 Å². The van der Waals surface area contributed by atoms with Gasteiger partial charge in [0.05, 0.1) is 0 Å². The van der Waals surface area contributed by atoms with E-state index in [1.165, 1.54) is 13.8 Å². The number of primary amides is 1. The number of carbonyl (C=O) groups is 2. The molecule has 0 aliphatic rings. The van der Waals surface area contributed by atoms with Crippen LogP contribution in [-0.4, -0.2) is 23.7 Å². The summed E-state index contributed by atoms with van der Waals surface area (Å²) < 4.78 is 0. The van der Waals surface area contributed by atoms with E-state index >= 15 is 0 Å². The third-order valence-corrected chi connectivity index (χ3v) is 1.22. The predicted octanol–water partition coefficient (Wildman–Crippen LogP) is -1.34. The van der Waals surface area contributed by atoms with Gasteiger partial charge in [-0.2, -0.15) is 5.43 Å². The van der Waals surface area contributed by atoms with Crippen molar-refractivity contribution in [1.82, 2.24) is 11.1 Å². The monoisotopic (exact) mass is 218 g/mol. The molecule has 0 aliphatic heterocycles. The Labute approximate surface area is 84.5 Å². The van der Waals surface area contributed by atoms with E-state index in [0.717, 1.165) is 6.08 Å². The number of carbonyl (C=O) groups excluding carboxylic acids is 3. The summed E-state index contributed by atoms with van der Waals surface area (Å²) in [7, 11) is 0. The number of hydrogen-bond donors (Lipinski definition) is 3. The van der Waals surface area contributed by atoms with Gasteiger partial charge in [-0.25, -0.2) is 9.59 Å². The molecule has 84 valence electrons. The lowest BCUT2D eigenvalue weighted by Gasteiger charge is -2.19. The summed E-state index contributed by atoms with van der Waals surface area (Å²) in [6.45, 7) is 2.71. The fourth-order valence-electron chi connectivity index (χ4n) is 0.304. The second-order valence-electron chi connectivity index (χ2n) is 2.76. The van der Waals surface area contributed by atoms with Gasteiger partial charge in [-0.1, -0.05) is 5.10 Å². The van der Waals surface area contributed by atoms with Crippen LogP contribution in [-0.2, 0) is 19.3 Å². The Balaban J connectivity index is 3.84. The van der Waals surface area contributed by atoms with Gasteiger partial charge >= 0.3 is 6.09 Å². The Bertz CT molecular complexity index is 296. The Kier molecular flexibility index (Phi) is 4.96. The number of hydrogen-bond acceptors (Lipinski definition) is 7. The molecule has 9 heteroatoms. The average Bonchev–Trinajstić information content (AvgIpc) is 2.14. The molecular weight excluding hydrogens is 208 g/mol. The molecule has 0 aromatic carbocycles. The van der Waals surface area contributed by atoms with Crippen molar-refractivity contribution in [3.63, 3.8) is 0 Å². The van der Waals surface area contributed by atoms with E-state index in [1.807, 2.05) is 0 Å². The largest absolute Gasteiger partial charge is 0.449 e. The van der Waals surface area contributed by atoms with Crippen LogP contribution in [0.2, 0.25) is 0 Å². The van der Waals surface area contributed by atoms with Gasteiger partial charge in [0.1, 0.15) is 0 Å². The van der Waals surface area contributed by atoms with Gasteiger partial charge < -0.3 is 10.6 Å². The normalized spacial score (nSPS) is 10.0. The van der Waals surface area contributed by atoms with Gasteiger partial charge in [0.2, 0.25) is 0 Å². The highest BCUT2D eigenvalue weighted by atomic mass is 16.9. The van der Waals surface area contributed by atoms with Crippen LogP contribution in [0.25, 0.3) is 0 Å². The maximum Gasteiger partial charge on any atom is 0.449 e. The first-order valence-corrected chi connectivity index (χ1v) is 3.66. The number of nitrogens with one attached hydrogen (secondary N) is 2. The summed E-state index contributed by atoms with van der Waals surface area (Å²) in [4.78, 5) is 39.6. The summed E-state index contributed by atoms with van der Waals surface area (Å²) in [5, 5.41) is 2.70.